The Morgan fingerprint density at radius 3 is 2.65 bits per heavy atom. The second-order valence-corrected chi connectivity index (χ2v) is 5.72. The molecule has 5 nitrogen and oxygen atoms in total. The van der Waals surface area contributed by atoms with Crippen LogP contribution < -0.4 is 10.4 Å². The standard InChI is InChI=1S/C18H21NO4/c20-18(21)19-10-4-9-17-22-11-14(12-23-17)16-8-3-6-13-5-1-2-7-15(13)16/h1-3,5-8,14,17,19H,4,9-12H2,(H,20,21)/p-1. The molecule has 122 valence electrons. The molecular formula is C18H20NO4-. The molecule has 23 heavy (non-hydrogen) atoms. The second kappa shape index (κ2) is 7.44. The highest BCUT2D eigenvalue weighted by Crippen LogP contribution is 2.29. The van der Waals surface area contributed by atoms with Crippen LogP contribution in [0.25, 0.3) is 10.8 Å². The summed E-state index contributed by atoms with van der Waals surface area (Å²) < 4.78 is 11.6. The Balaban J connectivity index is 1.55. The molecule has 1 heterocycles. The van der Waals surface area contributed by atoms with Gasteiger partial charge in [0.1, 0.15) is 6.09 Å². The molecule has 1 aliphatic heterocycles. The van der Waals surface area contributed by atoms with E-state index in [4.69, 9.17) is 9.47 Å². The number of amides is 1. The molecule has 2 aromatic rings. The van der Waals surface area contributed by atoms with Crippen molar-refractivity contribution in [2.75, 3.05) is 19.8 Å². The molecule has 0 spiro atoms. The number of carbonyl (C=O) groups is 1. The summed E-state index contributed by atoms with van der Waals surface area (Å²) in [5, 5.41) is 15.0. The van der Waals surface area contributed by atoms with Crippen LogP contribution in [0.4, 0.5) is 4.79 Å². The number of ether oxygens (including phenoxy) is 2. The summed E-state index contributed by atoms with van der Waals surface area (Å²) in [6, 6.07) is 14.6. The van der Waals surface area contributed by atoms with Crippen LogP contribution in [0.15, 0.2) is 42.5 Å². The first-order chi connectivity index (χ1) is 11.2. The van der Waals surface area contributed by atoms with E-state index in [1.165, 1.54) is 16.3 Å². The van der Waals surface area contributed by atoms with Gasteiger partial charge >= 0.3 is 0 Å². The first kappa shape index (κ1) is 15.8. The van der Waals surface area contributed by atoms with Crippen molar-refractivity contribution in [2.45, 2.75) is 25.0 Å². The molecule has 0 aliphatic carbocycles. The molecule has 1 N–H and O–H groups in total. The summed E-state index contributed by atoms with van der Waals surface area (Å²) in [7, 11) is 0. The van der Waals surface area contributed by atoms with Gasteiger partial charge in [0, 0.05) is 18.9 Å². The van der Waals surface area contributed by atoms with Crippen LogP contribution in [0.5, 0.6) is 0 Å². The Morgan fingerprint density at radius 2 is 1.87 bits per heavy atom. The average Bonchev–Trinajstić information content (AvgIpc) is 2.59. The van der Waals surface area contributed by atoms with E-state index in [2.05, 4.69) is 35.6 Å². The van der Waals surface area contributed by atoms with Crippen molar-refractivity contribution in [2.24, 2.45) is 0 Å². The largest absolute Gasteiger partial charge is 0.530 e. The molecule has 0 atom stereocenters. The molecule has 0 unspecified atom stereocenters. The smallest absolute Gasteiger partial charge is 0.157 e. The van der Waals surface area contributed by atoms with Gasteiger partial charge in [0.05, 0.1) is 13.2 Å². The Bertz CT molecular complexity index is 660. The first-order valence-corrected chi connectivity index (χ1v) is 7.90. The molecule has 5 heteroatoms. The zero-order chi connectivity index (χ0) is 16.1. The van der Waals surface area contributed by atoms with Gasteiger partial charge < -0.3 is 24.7 Å². The Hall–Kier alpha value is -2.11. The van der Waals surface area contributed by atoms with Crippen molar-refractivity contribution in [3.8, 4) is 0 Å². The molecule has 2 aromatic carbocycles. The lowest BCUT2D eigenvalue weighted by molar-refractivity contribution is -0.250. The van der Waals surface area contributed by atoms with Gasteiger partial charge in [-0.25, -0.2) is 0 Å². The van der Waals surface area contributed by atoms with Gasteiger partial charge in [-0.05, 0) is 22.8 Å². The number of hydrogen-bond donors (Lipinski definition) is 1. The molecule has 1 aliphatic rings. The highest BCUT2D eigenvalue weighted by Gasteiger charge is 2.24. The van der Waals surface area contributed by atoms with E-state index in [-0.39, 0.29) is 12.2 Å². The van der Waals surface area contributed by atoms with E-state index in [0.29, 0.717) is 32.6 Å². The maximum Gasteiger partial charge on any atom is 0.157 e. The highest BCUT2D eigenvalue weighted by atomic mass is 16.7. The number of rotatable bonds is 5. The lowest BCUT2D eigenvalue weighted by Crippen LogP contribution is -2.37. The lowest BCUT2D eigenvalue weighted by Gasteiger charge is -2.30. The van der Waals surface area contributed by atoms with E-state index >= 15 is 0 Å². The molecule has 1 amide bonds. The topological polar surface area (TPSA) is 70.6 Å². The third-order valence-electron chi connectivity index (χ3n) is 4.12. The number of hydrogen-bond acceptors (Lipinski definition) is 4. The van der Waals surface area contributed by atoms with Crippen molar-refractivity contribution >= 4 is 16.9 Å². The van der Waals surface area contributed by atoms with Crippen LogP contribution in [0.2, 0.25) is 0 Å². The lowest BCUT2D eigenvalue weighted by atomic mass is 9.94. The summed E-state index contributed by atoms with van der Waals surface area (Å²) in [5.41, 5.74) is 1.25. The highest BCUT2D eigenvalue weighted by molar-refractivity contribution is 5.86. The van der Waals surface area contributed by atoms with Gasteiger partial charge in [-0.1, -0.05) is 42.5 Å². The molecule has 1 fully saturated rings. The zero-order valence-corrected chi connectivity index (χ0v) is 12.9. The minimum absolute atomic E-state index is 0.221. The van der Waals surface area contributed by atoms with Crippen LogP contribution >= 0.6 is 0 Å². The molecule has 0 aromatic heterocycles. The van der Waals surface area contributed by atoms with Gasteiger partial charge in [0.25, 0.3) is 0 Å². The van der Waals surface area contributed by atoms with Gasteiger partial charge in [-0.15, -0.1) is 0 Å². The predicted molar refractivity (Wildman–Crippen MR) is 85.0 cm³/mol. The van der Waals surface area contributed by atoms with Crippen LogP contribution in [0, 0.1) is 0 Å². The third kappa shape index (κ3) is 4.00. The monoisotopic (exact) mass is 314 g/mol. The Labute approximate surface area is 135 Å². The molecule has 0 radical (unpaired) electrons. The van der Waals surface area contributed by atoms with Gasteiger partial charge in [0.2, 0.25) is 0 Å². The number of carboxylic acid groups (broad SMARTS) is 1. The van der Waals surface area contributed by atoms with Crippen molar-refractivity contribution in [1.29, 1.82) is 0 Å². The van der Waals surface area contributed by atoms with E-state index in [9.17, 15) is 9.90 Å². The van der Waals surface area contributed by atoms with Crippen LogP contribution in [0.3, 0.4) is 0 Å². The average molecular weight is 314 g/mol. The summed E-state index contributed by atoms with van der Waals surface area (Å²) in [4.78, 5) is 10.3. The number of benzene rings is 2. The summed E-state index contributed by atoms with van der Waals surface area (Å²) in [5.74, 6) is 0.221. The van der Waals surface area contributed by atoms with Crippen LogP contribution in [-0.2, 0) is 9.47 Å². The van der Waals surface area contributed by atoms with E-state index in [0.717, 1.165) is 0 Å². The van der Waals surface area contributed by atoms with Gasteiger partial charge in [-0.3, -0.25) is 0 Å². The summed E-state index contributed by atoms with van der Waals surface area (Å²) >= 11 is 0. The third-order valence-corrected chi connectivity index (χ3v) is 4.12. The molecule has 3 rings (SSSR count). The Kier molecular flexibility index (Phi) is 5.10. The Morgan fingerprint density at radius 1 is 1.13 bits per heavy atom. The fourth-order valence-corrected chi connectivity index (χ4v) is 2.96. The van der Waals surface area contributed by atoms with E-state index < -0.39 is 6.09 Å². The quantitative estimate of drug-likeness (QED) is 0.857. The van der Waals surface area contributed by atoms with Gasteiger partial charge in [0.15, 0.2) is 6.29 Å². The maximum atomic E-state index is 10.3. The maximum absolute atomic E-state index is 10.3. The second-order valence-electron chi connectivity index (χ2n) is 5.72. The minimum atomic E-state index is -1.24. The zero-order valence-electron chi connectivity index (χ0n) is 12.9. The number of fused-ring (bicyclic) bond motifs is 1. The number of nitrogens with one attached hydrogen (secondary N) is 1. The molecule has 1 saturated heterocycles. The fourth-order valence-electron chi connectivity index (χ4n) is 2.96. The van der Waals surface area contributed by atoms with E-state index in [1.54, 1.807) is 0 Å². The van der Waals surface area contributed by atoms with Crippen LogP contribution in [0.1, 0.15) is 24.3 Å². The predicted octanol–water partition coefficient (Wildman–Crippen LogP) is 2.01. The van der Waals surface area contributed by atoms with Crippen molar-refractivity contribution in [3.63, 3.8) is 0 Å². The van der Waals surface area contributed by atoms with Gasteiger partial charge in [-0.2, -0.15) is 0 Å². The normalized spacial score (nSPS) is 21.2. The van der Waals surface area contributed by atoms with Crippen molar-refractivity contribution in [1.82, 2.24) is 5.32 Å². The van der Waals surface area contributed by atoms with Crippen molar-refractivity contribution < 1.29 is 19.4 Å². The number of carbonyl (C=O) groups excluding carboxylic acids is 1. The molecule has 0 bridgehead atoms. The van der Waals surface area contributed by atoms with Crippen LogP contribution in [-0.4, -0.2) is 32.1 Å². The SMILES string of the molecule is O=C([O-])NCCCC1OCC(c2cccc3ccccc23)CO1. The summed E-state index contributed by atoms with van der Waals surface area (Å²) in [6.07, 6.45) is -0.170. The molecule has 0 saturated carbocycles. The van der Waals surface area contributed by atoms with E-state index in [1.807, 2.05) is 12.1 Å². The van der Waals surface area contributed by atoms with Crippen molar-refractivity contribution in [3.05, 3.63) is 48.0 Å². The summed E-state index contributed by atoms with van der Waals surface area (Å²) in [6.45, 7) is 1.59. The minimum Gasteiger partial charge on any atom is -0.530 e. The first-order valence-electron chi connectivity index (χ1n) is 7.90. The fraction of sp³-hybridized carbons (Fsp3) is 0.389. The molecular weight excluding hydrogens is 294 g/mol.